The number of hydrogen-bond acceptors (Lipinski definition) is 6. The highest BCUT2D eigenvalue weighted by Crippen LogP contribution is 2.35. The Morgan fingerprint density at radius 3 is 2.77 bits per heavy atom. The van der Waals surface area contributed by atoms with E-state index in [-0.39, 0.29) is 28.9 Å². The third-order valence-corrected chi connectivity index (χ3v) is 3.86. The second-order valence-electron chi connectivity index (χ2n) is 5.38. The number of rotatable bonds is 2. The second-order valence-corrected chi connectivity index (χ2v) is 5.38. The average molecular weight is 304 g/mol. The number of fused-ring (bicyclic) bond motifs is 1. The smallest absolute Gasteiger partial charge is 0.196 e. The van der Waals surface area contributed by atoms with Crippen LogP contribution in [0.2, 0.25) is 0 Å². The van der Waals surface area contributed by atoms with Gasteiger partial charge < -0.3 is 24.5 Å². The molecule has 0 bridgehead atoms. The minimum absolute atomic E-state index is 0.0352. The number of ether oxygens (including phenoxy) is 1. The van der Waals surface area contributed by atoms with Gasteiger partial charge in [0.2, 0.25) is 0 Å². The molecule has 0 amide bonds. The van der Waals surface area contributed by atoms with Crippen molar-refractivity contribution >= 4 is 11.0 Å². The fraction of sp³-hybridized carbons (Fsp3) is 0.312. The highest BCUT2D eigenvalue weighted by molar-refractivity contribution is 5.84. The van der Waals surface area contributed by atoms with Gasteiger partial charge >= 0.3 is 0 Å². The molecule has 6 heteroatoms. The van der Waals surface area contributed by atoms with Crippen molar-refractivity contribution in [2.75, 3.05) is 7.11 Å². The Morgan fingerprint density at radius 1 is 1.36 bits per heavy atom. The zero-order chi connectivity index (χ0) is 15.9. The summed E-state index contributed by atoms with van der Waals surface area (Å²) in [6.45, 7) is 0. The standard InChI is InChI=1S/C16H16O6/c1-21-10-6-11(18)15-12(19)8-14(22-13(15)7-10)16(20)4-2-9(17)3-5-16/h2,4,6-9,17-18,20H,3,5H2,1H3/t9-,16-/m0/s1. The van der Waals surface area contributed by atoms with Gasteiger partial charge in [-0.3, -0.25) is 4.79 Å². The van der Waals surface area contributed by atoms with E-state index in [0.717, 1.165) is 6.07 Å². The third-order valence-electron chi connectivity index (χ3n) is 3.86. The number of methoxy groups -OCH3 is 1. The fourth-order valence-corrected chi connectivity index (χ4v) is 2.60. The summed E-state index contributed by atoms with van der Waals surface area (Å²) in [6, 6.07) is 3.96. The van der Waals surface area contributed by atoms with Crippen molar-refractivity contribution in [3.63, 3.8) is 0 Å². The average Bonchev–Trinajstić information content (AvgIpc) is 2.49. The second kappa shape index (κ2) is 5.15. The number of aromatic hydroxyl groups is 1. The number of benzene rings is 1. The van der Waals surface area contributed by atoms with E-state index in [2.05, 4.69) is 0 Å². The fourth-order valence-electron chi connectivity index (χ4n) is 2.60. The molecule has 1 aliphatic rings. The molecule has 2 aromatic rings. The van der Waals surface area contributed by atoms with E-state index < -0.39 is 17.1 Å². The van der Waals surface area contributed by atoms with Gasteiger partial charge in [-0.1, -0.05) is 6.08 Å². The first-order chi connectivity index (χ1) is 10.4. The van der Waals surface area contributed by atoms with Crippen LogP contribution in [0, 0.1) is 0 Å². The van der Waals surface area contributed by atoms with Crippen LogP contribution in [0.4, 0.5) is 0 Å². The van der Waals surface area contributed by atoms with Gasteiger partial charge in [0, 0.05) is 18.2 Å². The summed E-state index contributed by atoms with van der Waals surface area (Å²) in [6.07, 6.45) is 2.87. The topological polar surface area (TPSA) is 100 Å². The summed E-state index contributed by atoms with van der Waals surface area (Å²) < 4.78 is 10.7. The largest absolute Gasteiger partial charge is 0.507 e. The summed E-state index contributed by atoms with van der Waals surface area (Å²) in [7, 11) is 1.43. The molecule has 22 heavy (non-hydrogen) atoms. The van der Waals surface area contributed by atoms with Crippen LogP contribution in [0.25, 0.3) is 11.0 Å². The molecule has 3 rings (SSSR count). The molecular formula is C16H16O6. The molecule has 116 valence electrons. The van der Waals surface area contributed by atoms with Crippen molar-refractivity contribution in [1.29, 1.82) is 0 Å². The van der Waals surface area contributed by atoms with Gasteiger partial charge in [0.05, 0.1) is 13.2 Å². The van der Waals surface area contributed by atoms with Gasteiger partial charge in [-0.05, 0) is 18.9 Å². The van der Waals surface area contributed by atoms with Crippen molar-refractivity contribution in [3.8, 4) is 11.5 Å². The number of phenolic OH excluding ortho intramolecular Hbond substituents is 1. The number of aliphatic hydroxyl groups is 2. The summed E-state index contributed by atoms with van der Waals surface area (Å²) in [4.78, 5) is 12.2. The maximum atomic E-state index is 12.2. The molecule has 3 N–H and O–H groups in total. The van der Waals surface area contributed by atoms with Gasteiger partial charge in [-0.15, -0.1) is 0 Å². The maximum absolute atomic E-state index is 12.2. The lowest BCUT2D eigenvalue weighted by molar-refractivity contribution is 0.0317. The molecular weight excluding hydrogens is 288 g/mol. The van der Waals surface area contributed by atoms with Crippen LogP contribution in [0.15, 0.2) is 39.6 Å². The number of hydrogen-bond donors (Lipinski definition) is 3. The van der Waals surface area contributed by atoms with Gasteiger partial charge in [0.25, 0.3) is 0 Å². The molecule has 0 saturated heterocycles. The number of phenols is 1. The molecule has 1 heterocycles. The summed E-state index contributed by atoms with van der Waals surface area (Å²) in [5.41, 5.74) is -1.78. The molecule has 6 nitrogen and oxygen atoms in total. The lowest BCUT2D eigenvalue weighted by Gasteiger charge is -2.28. The lowest BCUT2D eigenvalue weighted by atomic mass is 9.87. The zero-order valence-corrected chi connectivity index (χ0v) is 11.9. The molecule has 0 unspecified atom stereocenters. The Labute approximate surface area is 125 Å². The summed E-state index contributed by atoms with van der Waals surface area (Å²) in [5, 5.41) is 30.0. The molecule has 1 aliphatic carbocycles. The Bertz CT molecular complexity index is 806. The molecule has 0 radical (unpaired) electrons. The Morgan fingerprint density at radius 2 is 2.14 bits per heavy atom. The zero-order valence-electron chi connectivity index (χ0n) is 11.9. The molecule has 0 aliphatic heterocycles. The van der Waals surface area contributed by atoms with Crippen LogP contribution in [0.3, 0.4) is 0 Å². The van der Waals surface area contributed by atoms with Crippen molar-refractivity contribution in [2.45, 2.75) is 24.5 Å². The van der Waals surface area contributed by atoms with E-state index in [1.807, 2.05) is 0 Å². The number of aliphatic hydroxyl groups excluding tert-OH is 1. The predicted octanol–water partition coefficient (Wildman–Crippen LogP) is 1.41. The molecule has 1 aromatic carbocycles. The molecule has 0 spiro atoms. The molecule has 0 fully saturated rings. The molecule has 0 saturated carbocycles. The van der Waals surface area contributed by atoms with Gasteiger partial charge in [0.15, 0.2) is 5.43 Å². The Balaban J connectivity index is 2.21. The van der Waals surface area contributed by atoms with Crippen molar-refractivity contribution in [2.24, 2.45) is 0 Å². The van der Waals surface area contributed by atoms with E-state index in [0.29, 0.717) is 12.2 Å². The predicted molar refractivity (Wildman–Crippen MR) is 79.0 cm³/mol. The third kappa shape index (κ3) is 2.36. The lowest BCUT2D eigenvalue weighted by Crippen LogP contribution is -2.29. The first kappa shape index (κ1) is 14.6. The first-order valence-electron chi connectivity index (χ1n) is 6.88. The summed E-state index contributed by atoms with van der Waals surface area (Å²) >= 11 is 0. The molecule has 1 aromatic heterocycles. The van der Waals surface area contributed by atoms with Crippen LogP contribution in [0.5, 0.6) is 11.5 Å². The first-order valence-corrected chi connectivity index (χ1v) is 6.88. The van der Waals surface area contributed by atoms with E-state index in [1.54, 1.807) is 0 Å². The van der Waals surface area contributed by atoms with Crippen molar-refractivity contribution < 1.29 is 24.5 Å². The Kier molecular flexibility index (Phi) is 3.42. The SMILES string of the molecule is COc1cc(O)c2c(=O)cc([C@]3(O)C=C[C@H](O)CC3)oc2c1. The van der Waals surface area contributed by atoms with Gasteiger partial charge in [0.1, 0.15) is 33.8 Å². The van der Waals surface area contributed by atoms with Crippen LogP contribution >= 0.6 is 0 Å². The monoisotopic (exact) mass is 304 g/mol. The Hall–Kier alpha value is -2.31. The minimum atomic E-state index is -1.45. The van der Waals surface area contributed by atoms with E-state index >= 15 is 0 Å². The quantitative estimate of drug-likeness (QED) is 0.725. The van der Waals surface area contributed by atoms with Crippen LogP contribution in [-0.2, 0) is 5.60 Å². The van der Waals surface area contributed by atoms with E-state index in [4.69, 9.17) is 9.15 Å². The van der Waals surface area contributed by atoms with Gasteiger partial charge in [-0.2, -0.15) is 0 Å². The summed E-state index contributed by atoms with van der Waals surface area (Å²) in [5.74, 6) is 0.170. The van der Waals surface area contributed by atoms with Crippen LogP contribution in [0.1, 0.15) is 18.6 Å². The normalized spacial score (nSPS) is 24.6. The minimum Gasteiger partial charge on any atom is -0.507 e. The van der Waals surface area contributed by atoms with Gasteiger partial charge in [-0.25, -0.2) is 0 Å². The van der Waals surface area contributed by atoms with Crippen LogP contribution < -0.4 is 10.2 Å². The highest BCUT2D eigenvalue weighted by Gasteiger charge is 2.33. The van der Waals surface area contributed by atoms with Crippen LogP contribution in [-0.4, -0.2) is 28.5 Å². The highest BCUT2D eigenvalue weighted by atomic mass is 16.5. The maximum Gasteiger partial charge on any atom is 0.196 e. The van der Waals surface area contributed by atoms with E-state index in [9.17, 15) is 20.1 Å². The van der Waals surface area contributed by atoms with Crippen molar-refractivity contribution in [1.82, 2.24) is 0 Å². The van der Waals surface area contributed by atoms with Crippen molar-refractivity contribution in [3.05, 3.63) is 46.3 Å². The molecule has 2 atom stereocenters. The van der Waals surface area contributed by atoms with E-state index in [1.165, 1.54) is 31.4 Å².